The van der Waals surface area contributed by atoms with Gasteiger partial charge in [-0.25, -0.2) is 9.37 Å². The lowest BCUT2D eigenvalue weighted by atomic mass is 9.81. The average Bonchev–Trinajstić information content (AvgIpc) is 3.75. The van der Waals surface area contributed by atoms with E-state index in [1.807, 2.05) is 31.2 Å². The van der Waals surface area contributed by atoms with E-state index in [1.54, 1.807) is 44.2 Å². The van der Waals surface area contributed by atoms with Crippen LogP contribution in [0, 0.1) is 12.7 Å². The van der Waals surface area contributed by atoms with Gasteiger partial charge in [0, 0.05) is 34.4 Å². The van der Waals surface area contributed by atoms with E-state index >= 15 is 0 Å². The van der Waals surface area contributed by atoms with E-state index < -0.39 is 22.7 Å². The smallest absolute Gasteiger partial charge is 0.231 e. The zero-order valence-corrected chi connectivity index (χ0v) is 24.9. The quantitative estimate of drug-likeness (QED) is 0.222. The number of nitrogens with zero attached hydrogens (tertiary/aromatic N) is 2. The minimum atomic E-state index is -1.56. The highest BCUT2D eigenvalue weighted by Crippen LogP contribution is 2.46. The SMILES string of the molecule is Cc1cccc(-c2ccc(C(=O)CC[C@](C)(O)c3cc4c(c(-c5ccc(F)cc5)n3)OC[C@]4(C)C(N)=O)cc2OC2CC2)n1. The molecule has 1 aliphatic heterocycles. The minimum Gasteiger partial charge on any atom is -0.490 e. The number of primary amides is 1. The normalized spacial score (nSPS) is 18.7. The minimum absolute atomic E-state index is 0.0109. The molecular formula is C35H34FN3O5. The monoisotopic (exact) mass is 595 g/mol. The van der Waals surface area contributed by atoms with Gasteiger partial charge in [0.05, 0.1) is 17.5 Å². The number of aryl methyl sites for hydroxylation is 1. The summed E-state index contributed by atoms with van der Waals surface area (Å²) in [7, 11) is 0. The third-order valence-electron chi connectivity index (χ3n) is 8.41. The van der Waals surface area contributed by atoms with Gasteiger partial charge < -0.3 is 20.3 Å². The molecule has 9 heteroatoms. The lowest BCUT2D eigenvalue weighted by Gasteiger charge is -2.26. The van der Waals surface area contributed by atoms with Gasteiger partial charge in [-0.3, -0.25) is 14.6 Å². The maximum absolute atomic E-state index is 13.7. The van der Waals surface area contributed by atoms with E-state index in [0.717, 1.165) is 29.8 Å². The number of hydrogen-bond donors (Lipinski definition) is 2. The van der Waals surface area contributed by atoms with Crippen molar-refractivity contribution < 1.29 is 28.6 Å². The number of aliphatic hydroxyl groups is 1. The number of benzene rings is 2. The molecule has 0 saturated heterocycles. The van der Waals surface area contributed by atoms with Crippen molar-refractivity contribution in [3.05, 3.63) is 95.1 Å². The highest BCUT2D eigenvalue weighted by Gasteiger charge is 2.45. The molecule has 44 heavy (non-hydrogen) atoms. The van der Waals surface area contributed by atoms with Gasteiger partial charge in [-0.2, -0.15) is 0 Å². The van der Waals surface area contributed by atoms with Gasteiger partial charge in [-0.1, -0.05) is 12.1 Å². The van der Waals surface area contributed by atoms with Crippen molar-refractivity contribution in [2.45, 2.75) is 63.6 Å². The number of nitrogens with two attached hydrogens (primary N) is 1. The Labute approximate surface area is 255 Å². The third-order valence-corrected chi connectivity index (χ3v) is 8.41. The summed E-state index contributed by atoms with van der Waals surface area (Å²) in [6.45, 7) is 5.19. The van der Waals surface area contributed by atoms with Crippen molar-refractivity contribution in [1.29, 1.82) is 0 Å². The summed E-state index contributed by atoms with van der Waals surface area (Å²) >= 11 is 0. The maximum Gasteiger partial charge on any atom is 0.231 e. The summed E-state index contributed by atoms with van der Waals surface area (Å²) in [5, 5.41) is 11.7. The maximum atomic E-state index is 13.7. The fourth-order valence-corrected chi connectivity index (χ4v) is 5.36. The van der Waals surface area contributed by atoms with Gasteiger partial charge in [0.15, 0.2) is 5.78 Å². The van der Waals surface area contributed by atoms with E-state index in [2.05, 4.69) is 4.98 Å². The number of hydrogen-bond acceptors (Lipinski definition) is 7. The highest BCUT2D eigenvalue weighted by molar-refractivity contribution is 5.97. The van der Waals surface area contributed by atoms with E-state index in [4.69, 9.17) is 20.2 Å². The Hall–Kier alpha value is -4.63. The number of carbonyl (C=O) groups is 2. The number of rotatable bonds is 10. The molecule has 0 spiro atoms. The van der Waals surface area contributed by atoms with Crippen molar-refractivity contribution in [2.75, 3.05) is 6.61 Å². The van der Waals surface area contributed by atoms with E-state index in [-0.39, 0.29) is 37.0 Å². The predicted octanol–water partition coefficient (Wildman–Crippen LogP) is 5.81. The van der Waals surface area contributed by atoms with E-state index in [1.165, 1.54) is 12.1 Å². The summed E-state index contributed by atoms with van der Waals surface area (Å²) in [5.74, 6) is -0.191. The van der Waals surface area contributed by atoms with Crippen LogP contribution < -0.4 is 15.2 Å². The van der Waals surface area contributed by atoms with Crippen molar-refractivity contribution in [2.24, 2.45) is 5.73 Å². The number of halogens is 1. The Morgan fingerprint density at radius 1 is 1.11 bits per heavy atom. The molecule has 8 nitrogen and oxygen atoms in total. The van der Waals surface area contributed by atoms with Crippen LogP contribution in [0.5, 0.6) is 11.5 Å². The van der Waals surface area contributed by atoms with E-state index in [9.17, 15) is 19.1 Å². The Kier molecular flexibility index (Phi) is 7.45. The first-order chi connectivity index (χ1) is 20.9. The molecule has 2 aromatic carbocycles. The number of Topliss-reactive ketones (excluding diaryl/α,β-unsaturated/α-hetero) is 1. The molecule has 0 bridgehead atoms. The molecule has 0 unspecified atom stereocenters. The summed E-state index contributed by atoms with van der Waals surface area (Å²) in [5.41, 5.74) is 7.65. The Morgan fingerprint density at radius 2 is 1.86 bits per heavy atom. The molecule has 2 atom stereocenters. The molecule has 1 amide bonds. The summed E-state index contributed by atoms with van der Waals surface area (Å²) in [6.07, 6.45) is 2.13. The summed E-state index contributed by atoms with van der Waals surface area (Å²) in [4.78, 5) is 35.3. The second-order valence-electron chi connectivity index (χ2n) is 12.1. The molecule has 6 rings (SSSR count). The van der Waals surface area contributed by atoms with Gasteiger partial charge in [0.1, 0.15) is 40.6 Å². The predicted molar refractivity (Wildman–Crippen MR) is 163 cm³/mol. The van der Waals surface area contributed by atoms with Crippen molar-refractivity contribution >= 4 is 11.7 Å². The highest BCUT2D eigenvalue weighted by atomic mass is 19.1. The van der Waals surface area contributed by atoms with Crippen molar-refractivity contribution in [3.8, 4) is 34.0 Å². The first kappa shape index (κ1) is 29.4. The number of amides is 1. The van der Waals surface area contributed by atoms with Gasteiger partial charge in [0.2, 0.25) is 5.91 Å². The number of ketones is 1. The third kappa shape index (κ3) is 5.67. The fourth-order valence-electron chi connectivity index (χ4n) is 5.36. The van der Waals surface area contributed by atoms with Crippen LogP contribution in [0.4, 0.5) is 4.39 Å². The van der Waals surface area contributed by atoms with Gasteiger partial charge in [-0.05, 0) is 94.6 Å². The van der Waals surface area contributed by atoms with Gasteiger partial charge in [0.25, 0.3) is 0 Å². The zero-order valence-electron chi connectivity index (χ0n) is 24.9. The van der Waals surface area contributed by atoms with Crippen molar-refractivity contribution in [1.82, 2.24) is 9.97 Å². The van der Waals surface area contributed by atoms with Gasteiger partial charge in [-0.15, -0.1) is 0 Å². The Balaban J connectivity index is 1.29. The molecule has 1 aliphatic carbocycles. The van der Waals surface area contributed by atoms with Crippen LogP contribution in [0.1, 0.15) is 66.8 Å². The molecule has 2 aliphatic rings. The fraction of sp³-hybridized carbons (Fsp3) is 0.314. The van der Waals surface area contributed by atoms with Crippen LogP contribution in [0.2, 0.25) is 0 Å². The molecule has 1 saturated carbocycles. The second kappa shape index (κ2) is 11.1. The molecule has 4 aromatic rings. The first-order valence-corrected chi connectivity index (χ1v) is 14.7. The Bertz CT molecular complexity index is 1770. The summed E-state index contributed by atoms with van der Waals surface area (Å²) in [6, 6.07) is 18.5. The molecule has 2 aromatic heterocycles. The van der Waals surface area contributed by atoms with Crippen molar-refractivity contribution in [3.63, 3.8) is 0 Å². The van der Waals surface area contributed by atoms with Crippen LogP contribution in [0.15, 0.2) is 66.7 Å². The lowest BCUT2D eigenvalue weighted by Crippen LogP contribution is -2.40. The number of pyridine rings is 2. The molecular weight excluding hydrogens is 561 g/mol. The molecule has 3 heterocycles. The molecule has 226 valence electrons. The molecule has 1 fully saturated rings. The van der Waals surface area contributed by atoms with Crippen LogP contribution in [0.25, 0.3) is 22.5 Å². The topological polar surface area (TPSA) is 125 Å². The van der Waals surface area contributed by atoms with Crippen LogP contribution in [-0.4, -0.2) is 39.5 Å². The lowest BCUT2D eigenvalue weighted by molar-refractivity contribution is -0.123. The van der Waals surface area contributed by atoms with Crippen LogP contribution in [-0.2, 0) is 15.8 Å². The standard InChI is InChI=1S/C35H34FN3O5/c1-20-5-4-6-27(38-20)25-14-9-22(17-29(25)44-24-12-13-24)28(40)15-16-35(3,42)30-18-26-32(43-19-34(26,2)33(37)41)31(39-30)21-7-10-23(36)11-8-21/h4-11,14,17-18,24,42H,12-13,15-16,19H2,1-3H3,(H2,37,41)/t34-,35-/m0/s1. The number of carbonyl (C=O) groups excluding carboxylic acids is 2. The molecule has 0 radical (unpaired) electrons. The number of fused-ring (bicyclic) bond motifs is 1. The second-order valence-corrected chi connectivity index (χ2v) is 12.1. The first-order valence-electron chi connectivity index (χ1n) is 14.7. The largest absolute Gasteiger partial charge is 0.490 e. The average molecular weight is 596 g/mol. The Morgan fingerprint density at radius 3 is 2.55 bits per heavy atom. The van der Waals surface area contributed by atoms with E-state index in [0.29, 0.717) is 33.9 Å². The number of aromatic nitrogens is 2. The van der Waals surface area contributed by atoms with Gasteiger partial charge >= 0.3 is 0 Å². The van der Waals surface area contributed by atoms with Crippen LogP contribution >= 0.6 is 0 Å². The molecule has 3 N–H and O–H groups in total. The zero-order chi connectivity index (χ0) is 31.2. The van der Waals surface area contributed by atoms with Crippen LogP contribution in [0.3, 0.4) is 0 Å². The summed E-state index contributed by atoms with van der Waals surface area (Å²) < 4.78 is 25.8. The number of ether oxygens (including phenoxy) is 2.